The molecular formula is C13H16N2O4S. The number of fused-ring (bicyclic) bond motifs is 1. The second kappa shape index (κ2) is 5.62. The summed E-state index contributed by atoms with van der Waals surface area (Å²) < 4.78 is 12.7. The van der Waals surface area contributed by atoms with Crippen molar-refractivity contribution in [1.82, 2.24) is 9.55 Å². The molecule has 0 aliphatic heterocycles. The minimum atomic E-state index is -1.08. The van der Waals surface area contributed by atoms with E-state index < -0.39 is 16.8 Å². The van der Waals surface area contributed by atoms with E-state index in [9.17, 15) is 13.8 Å². The number of imidazole rings is 1. The molecule has 108 valence electrons. The van der Waals surface area contributed by atoms with E-state index in [0.717, 1.165) is 0 Å². The van der Waals surface area contributed by atoms with Crippen LogP contribution in [0.2, 0.25) is 0 Å². The summed E-state index contributed by atoms with van der Waals surface area (Å²) >= 11 is 0. The summed E-state index contributed by atoms with van der Waals surface area (Å²) in [6.07, 6.45) is 2.21. The molecule has 0 radical (unpaired) electrons. The SMILES string of the molecule is CC(CCS(C)=O)n1c(=O)[nH]c2c(C(=O)O)cccc21. The fourth-order valence-corrected chi connectivity index (χ4v) is 2.90. The van der Waals surface area contributed by atoms with Crippen molar-refractivity contribution >= 4 is 27.8 Å². The van der Waals surface area contributed by atoms with Crippen LogP contribution in [0, 0.1) is 0 Å². The van der Waals surface area contributed by atoms with Crippen LogP contribution in [-0.2, 0) is 10.8 Å². The van der Waals surface area contributed by atoms with Crippen molar-refractivity contribution in [1.29, 1.82) is 0 Å². The van der Waals surface area contributed by atoms with Gasteiger partial charge in [0.05, 0.1) is 16.6 Å². The Morgan fingerprint density at radius 1 is 1.50 bits per heavy atom. The van der Waals surface area contributed by atoms with Crippen LogP contribution in [-0.4, -0.2) is 36.8 Å². The Hall–Kier alpha value is -1.89. The molecule has 2 N–H and O–H groups in total. The van der Waals surface area contributed by atoms with Crippen molar-refractivity contribution in [3.05, 3.63) is 34.2 Å². The molecule has 2 atom stereocenters. The smallest absolute Gasteiger partial charge is 0.337 e. The van der Waals surface area contributed by atoms with Gasteiger partial charge in [-0.2, -0.15) is 0 Å². The van der Waals surface area contributed by atoms with Crippen LogP contribution in [0.1, 0.15) is 29.7 Å². The van der Waals surface area contributed by atoms with Crippen LogP contribution in [0.3, 0.4) is 0 Å². The second-order valence-corrected chi connectivity index (χ2v) is 6.27. The molecule has 2 rings (SSSR count). The average Bonchev–Trinajstić information content (AvgIpc) is 2.71. The number of carboxylic acid groups (broad SMARTS) is 1. The summed E-state index contributed by atoms with van der Waals surface area (Å²) in [6.45, 7) is 1.86. The molecule has 0 amide bonds. The van der Waals surface area contributed by atoms with Gasteiger partial charge < -0.3 is 10.1 Å². The number of hydrogen-bond acceptors (Lipinski definition) is 3. The maximum absolute atomic E-state index is 12.0. The first-order valence-electron chi connectivity index (χ1n) is 6.18. The number of nitrogens with zero attached hydrogens (tertiary/aromatic N) is 1. The van der Waals surface area contributed by atoms with Crippen molar-refractivity contribution in [2.45, 2.75) is 19.4 Å². The third kappa shape index (κ3) is 2.67. The van der Waals surface area contributed by atoms with E-state index in [1.807, 2.05) is 6.92 Å². The molecule has 7 heteroatoms. The number of rotatable bonds is 5. The number of aromatic amines is 1. The molecule has 0 aliphatic rings. The first-order valence-corrected chi connectivity index (χ1v) is 7.91. The zero-order valence-electron chi connectivity index (χ0n) is 11.3. The van der Waals surface area contributed by atoms with Gasteiger partial charge in [0, 0.05) is 28.9 Å². The van der Waals surface area contributed by atoms with Gasteiger partial charge in [0.25, 0.3) is 0 Å². The van der Waals surface area contributed by atoms with Gasteiger partial charge in [-0.25, -0.2) is 9.59 Å². The van der Waals surface area contributed by atoms with E-state index in [-0.39, 0.29) is 17.3 Å². The van der Waals surface area contributed by atoms with Gasteiger partial charge in [0.1, 0.15) is 0 Å². The van der Waals surface area contributed by atoms with E-state index in [1.54, 1.807) is 18.4 Å². The first-order chi connectivity index (χ1) is 9.41. The number of H-pyrrole nitrogens is 1. The Balaban J connectivity index is 2.52. The van der Waals surface area contributed by atoms with E-state index >= 15 is 0 Å². The van der Waals surface area contributed by atoms with Gasteiger partial charge in [-0.05, 0) is 25.5 Å². The molecule has 6 nitrogen and oxygen atoms in total. The number of aromatic nitrogens is 2. The number of aromatic carboxylic acids is 1. The van der Waals surface area contributed by atoms with Crippen molar-refractivity contribution < 1.29 is 14.1 Å². The summed E-state index contributed by atoms with van der Waals surface area (Å²) in [7, 11) is -0.920. The number of benzene rings is 1. The number of para-hydroxylation sites is 1. The van der Waals surface area contributed by atoms with E-state index in [1.165, 1.54) is 10.6 Å². The van der Waals surface area contributed by atoms with Crippen LogP contribution < -0.4 is 5.69 Å². The fraction of sp³-hybridized carbons (Fsp3) is 0.385. The highest BCUT2D eigenvalue weighted by molar-refractivity contribution is 7.84. The number of hydrogen-bond donors (Lipinski definition) is 2. The van der Waals surface area contributed by atoms with Gasteiger partial charge in [-0.3, -0.25) is 8.78 Å². The summed E-state index contributed by atoms with van der Waals surface area (Å²) in [5.74, 6) is -0.579. The third-order valence-corrected chi connectivity index (χ3v) is 4.06. The van der Waals surface area contributed by atoms with Crippen LogP contribution in [0.15, 0.2) is 23.0 Å². The zero-order valence-corrected chi connectivity index (χ0v) is 12.1. The maximum atomic E-state index is 12.0. The van der Waals surface area contributed by atoms with Crippen molar-refractivity contribution in [3.8, 4) is 0 Å². The van der Waals surface area contributed by atoms with Crippen LogP contribution >= 0.6 is 0 Å². The number of carbonyl (C=O) groups is 1. The number of nitrogens with one attached hydrogen (secondary N) is 1. The summed E-state index contributed by atoms with van der Waals surface area (Å²) in [6, 6.07) is 4.62. The molecule has 0 spiro atoms. The van der Waals surface area contributed by atoms with Gasteiger partial charge in [-0.1, -0.05) is 6.07 Å². The Morgan fingerprint density at radius 2 is 2.20 bits per heavy atom. The summed E-state index contributed by atoms with van der Waals surface area (Å²) in [5.41, 5.74) is 0.617. The van der Waals surface area contributed by atoms with E-state index in [4.69, 9.17) is 5.11 Å². The monoisotopic (exact) mass is 296 g/mol. The molecule has 2 aromatic rings. The van der Waals surface area contributed by atoms with Crippen LogP contribution in [0.25, 0.3) is 11.0 Å². The highest BCUT2D eigenvalue weighted by Crippen LogP contribution is 2.20. The predicted molar refractivity (Wildman–Crippen MR) is 77.8 cm³/mol. The first kappa shape index (κ1) is 14.5. The van der Waals surface area contributed by atoms with Crippen molar-refractivity contribution in [2.24, 2.45) is 0 Å². The molecule has 0 fully saturated rings. The van der Waals surface area contributed by atoms with E-state index in [2.05, 4.69) is 4.98 Å². The van der Waals surface area contributed by atoms with Gasteiger partial charge in [0.2, 0.25) is 0 Å². The van der Waals surface area contributed by atoms with Crippen molar-refractivity contribution in [3.63, 3.8) is 0 Å². The predicted octanol–water partition coefficient (Wildman–Crippen LogP) is 1.36. The molecule has 20 heavy (non-hydrogen) atoms. The largest absolute Gasteiger partial charge is 0.478 e. The molecule has 0 bridgehead atoms. The second-order valence-electron chi connectivity index (χ2n) is 4.72. The maximum Gasteiger partial charge on any atom is 0.337 e. The lowest BCUT2D eigenvalue weighted by Gasteiger charge is -2.12. The standard InChI is InChI=1S/C13H16N2O4S/c1-8(6-7-20(2)19)15-10-5-3-4-9(12(16)17)11(10)14-13(15)18/h3-5,8H,6-7H2,1-2H3,(H,14,18)(H,16,17). The lowest BCUT2D eigenvalue weighted by Crippen LogP contribution is -2.21. The summed E-state index contributed by atoms with van der Waals surface area (Å²) in [4.78, 5) is 25.8. The molecule has 0 saturated carbocycles. The number of carboxylic acids is 1. The van der Waals surface area contributed by atoms with E-state index in [0.29, 0.717) is 23.2 Å². The minimum Gasteiger partial charge on any atom is -0.478 e. The highest BCUT2D eigenvalue weighted by Gasteiger charge is 2.17. The van der Waals surface area contributed by atoms with Crippen LogP contribution in [0.4, 0.5) is 0 Å². The van der Waals surface area contributed by atoms with Gasteiger partial charge in [-0.15, -0.1) is 0 Å². The fourth-order valence-electron chi connectivity index (χ4n) is 2.23. The zero-order chi connectivity index (χ0) is 14.9. The molecule has 1 heterocycles. The van der Waals surface area contributed by atoms with Crippen molar-refractivity contribution in [2.75, 3.05) is 12.0 Å². The van der Waals surface area contributed by atoms with Crippen LogP contribution in [0.5, 0.6) is 0 Å². The topological polar surface area (TPSA) is 92.2 Å². The lowest BCUT2D eigenvalue weighted by atomic mass is 10.1. The average molecular weight is 296 g/mol. The molecule has 1 aromatic heterocycles. The Kier molecular flexibility index (Phi) is 4.08. The molecule has 0 aliphatic carbocycles. The minimum absolute atomic E-state index is 0.0737. The molecule has 1 aromatic carbocycles. The van der Waals surface area contributed by atoms with Gasteiger partial charge >= 0.3 is 11.7 Å². The normalized spacial score (nSPS) is 14.3. The molecular weight excluding hydrogens is 280 g/mol. The van der Waals surface area contributed by atoms with Gasteiger partial charge in [0.15, 0.2) is 0 Å². The Morgan fingerprint density at radius 3 is 2.80 bits per heavy atom. The molecule has 2 unspecified atom stereocenters. The Bertz CT molecular complexity index is 732. The summed E-state index contributed by atoms with van der Waals surface area (Å²) in [5, 5.41) is 9.13. The quantitative estimate of drug-likeness (QED) is 0.871. The highest BCUT2D eigenvalue weighted by atomic mass is 32.2. The lowest BCUT2D eigenvalue weighted by molar-refractivity contribution is 0.0699. The molecule has 0 saturated heterocycles. The third-order valence-electron chi connectivity index (χ3n) is 3.25. The Labute approximate surface area is 117 Å².